The van der Waals surface area contributed by atoms with Crippen molar-refractivity contribution < 1.29 is 23.8 Å². The van der Waals surface area contributed by atoms with Crippen LogP contribution in [0.1, 0.15) is 25.6 Å². The van der Waals surface area contributed by atoms with Gasteiger partial charge in [-0.05, 0) is 36.8 Å². The van der Waals surface area contributed by atoms with Crippen molar-refractivity contribution in [1.29, 1.82) is 0 Å². The second kappa shape index (κ2) is 5.92. The lowest BCUT2D eigenvalue weighted by Gasteiger charge is -2.05. The molecule has 2 N–H and O–H groups in total. The summed E-state index contributed by atoms with van der Waals surface area (Å²) in [5, 5.41) is 11.9. The molecule has 0 saturated heterocycles. The molecule has 21 heavy (non-hydrogen) atoms. The predicted molar refractivity (Wildman–Crippen MR) is 76.9 cm³/mol. The first kappa shape index (κ1) is 15.0. The summed E-state index contributed by atoms with van der Waals surface area (Å²) in [4.78, 5) is 23.1. The molecule has 0 aliphatic carbocycles. The Bertz CT molecular complexity index is 711. The Balaban J connectivity index is 2.20. The maximum atomic E-state index is 13.5. The van der Waals surface area contributed by atoms with Gasteiger partial charge in [-0.3, -0.25) is 4.79 Å². The fourth-order valence-corrected chi connectivity index (χ4v) is 2.65. The van der Waals surface area contributed by atoms with Crippen molar-refractivity contribution in [3.05, 3.63) is 46.1 Å². The Morgan fingerprint density at radius 1 is 1.33 bits per heavy atom. The molecule has 2 aromatic rings. The number of hydrogen-bond acceptors (Lipinski definition) is 4. The largest absolute Gasteiger partial charge is 0.494 e. The Labute approximate surface area is 124 Å². The summed E-state index contributed by atoms with van der Waals surface area (Å²) >= 11 is 0.953. The van der Waals surface area contributed by atoms with E-state index < -0.39 is 17.7 Å². The number of aryl methyl sites for hydroxylation is 1. The van der Waals surface area contributed by atoms with Crippen LogP contribution in [0.2, 0.25) is 0 Å². The van der Waals surface area contributed by atoms with Crippen molar-refractivity contribution in [3.63, 3.8) is 0 Å². The van der Waals surface area contributed by atoms with E-state index in [4.69, 9.17) is 9.84 Å². The van der Waals surface area contributed by atoms with Gasteiger partial charge in [-0.1, -0.05) is 0 Å². The van der Waals surface area contributed by atoms with Crippen molar-refractivity contribution in [3.8, 4) is 5.75 Å². The van der Waals surface area contributed by atoms with Gasteiger partial charge in [-0.15, -0.1) is 11.3 Å². The number of nitrogens with one attached hydrogen (secondary N) is 1. The maximum Gasteiger partial charge on any atom is 0.346 e. The van der Waals surface area contributed by atoms with E-state index in [1.54, 1.807) is 13.0 Å². The van der Waals surface area contributed by atoms with E-state index in [9.17, 15) is 14.0 Å². The van der Waals surface area contributed by atoms with Gasteiger partial charge in [0.05, 0.1) is 12.1 Å². The molecular weight excluding hydrogens is 297 g/mol. The van der Waals surface area contributed by atoms with Crippen molar-refractivity contribution in [2.24, 2.45) is 0 Å². The molecule has 1 aromatic heterocycles. The van der Waals surface area contributed by atoms with Crippen molar-refractivity contribution >= 4 is 28.2 Å². The zero-order valence-electron chi connectivity index (χ0n) is 11.3. The molecule has 1 aromatic carbocycles. The standard InChI is InChI=1S/C14H12FNO4S/c1-7-5-11(21-12(7)14(18)19)16-13(17)8-3-4-10(20-2)9(15)6-8/h3-6H,1-2H3,(H,16,17)(H,18,19). The third-order valence-corrected chi connectivity index (χ3v) is 3.90. The van der Waals surface area contributed by atoms with Crippen LogP contribution in [0.25, 0.3) is 0 Å². The molecule has 2 rings (SSSR count). The summed E-state index contributed by atoms with van der Waals surface area (Å²) in [5.74, 6) is -2.16. The highest BCUT2D eigenvalue weighted by Crippen LogP contribution is 2.27. The van der Waals surface area contributed by atoms with E-state index in [0.717, 1.165) is 17.4 Å². The second-order valence-electron chi connectivity index (χ2n) is 4.23. The first-order chi connectivity index (χ1) is 9.92. The zero-order valence-corrected chi connectivity index (χ0v) is 12.1. The first-order valence-corrected chi connectivity index (χ1v) is 6.72. The number of amides is 1. The molecule has 0 aliphatic rings. The van der Waals surface area contributed by atoms with Gasteiger partial charge in [-0.25, -0.2) is 9.18 Å². The summed E-state index contributed by atoms with van der Waals surface area (Å²) in [6, 6.07) is 5.40. The Morgan fingerprint density at radius 2 is 2.05 bits per heavy atom. The zero-order chi connectivity index (χ0) is 15.6. The Kier molecular flexibility index (Phi) is 4.23. The van der Waals surface area contributed by atoms with Gasteiger partial charge in [-0.2, -0.15) is 0 Å². The minimum atomic E-state index is -1.05. The van der Waals surface area contributed by atoms with E-state index in [-0.39, 0.29) is 16.2 Å². The molecule has 0 unspecified atom stereocenters. The minimum Gasteiger partial charge on any atom is -0.494 e. The number of ether oxygens (including phenoxy) is 1. The first-order valence-electron chi connectivity index (χ1n) is 5.91. The SMILES string of the molecule is COc1ccc(C(=O)Nc2cc(C)c(C(=O)O)s2)cc1F. The Morgan fingerprint density at radius 3 is 2.57 bits per heavy atom. The number of halogens is 1. The fourth-order valence-electron chi connectivity index (χ4n) is 1.75. The van der Waals surface area contributed by atoms with E-state index in [0.29, 0.717) is 10.6 Å². The number of methoxy groups -OCH3 is 1. The van der Waals surface area contributed by atoms with E-state index in [1.165, 1.54) is 19.2 Å². The summed E-state index contributed by atoms with van der Waals surface area (Å²) < 4.78 is 18.3. The lowest BCUT2D eigenvalue weighted by Crippen LogP contribution is -2.11. The highest BCUT2D eigenvalue weighted by atomic mass is 32.1. The van der Waals surface area contributed by atoms with Gasteiger partial charge < -0.3 is 15.2 Å². The smallest absolute Gasteiger partial charge is 0.346 e. The molecule has 0 radical (unpaired) electrons. The topological polar surface area (TPSA) is 75.6 Å². The fraction of sp³-hybridized carbons (Fsp3) is 0.143. The number of benzene rings is 1. The van der Waals surface area contributed by atoms with Crippen LogP contribution in [-0.2, 0) is 0 Å². The molecular formula is C14H12FNO4S. The third kappa shape index (κ3) is 3.19. The lowest BCUT2D eigenvalue weighted by atomic mass is 10.2. The Hall–Kier alpha value is -2.41. The number of hydrogen-bond donors (Lipinski definition) is 2. The predicted octanol–water partition coefficient (Wildman–Crippen LogP) is 3.15. The summed E-state index contributed by atoms with van der Waals surface area (Å²) in [6.45, 7) is 1.64. The van der Waals surface area contributed by atoms with Crippen LogP contribution in [0.15, 0.2) is 24.3 Å². The molecule has 0 bridgehead atoms. The van der Waals surface area contributed by atoms with Crippen molar-refractivity contribution in [2.75, 3.05) is 12.4 Å². The number of aromatic carboxylic acids is 1. The number of carbonyl (C=O) groups excluding carboxylic acids is 1. The van der Waals surface area contributed by atoms with Crippen LogP contribution in [-0.4, -0.2) is 24.1 Å². The number of carboxylic acids is 1. The van der Waals surface area contributed by atoms with Crippen LogP contribution in [0.4, 0.5) is 9.39 Å². The molecule has 1 heterocycles. The highest BCUT2D eigenvalue weighted by molar-refractivity contribution is 7.18. The van der Waals surface area contributed by atoms with Gasteiger partial charge in [0.25, 0.3) is 5.91 Å². The quantitative estimate of drug-likeness (QED) is 0.909. The molecule has 0 atom stereocenters. The van der Waals surface area contributed by atoms with E-state index >= 15 is 0 Å². The van der Waals surface area contributed by atoms with Crippen LogP contribution >= 0.6 is 11.3 Å². The highest BCUT2D eigenvalue weighted by Gasteiger charge is 2.15. The number of carbonyl (C=O) groups is 2. The minimum absolute atomic E-state index is 0.0479. The third-order valence-electron chi connectivity index (χ3n) is 2.76. The molecule has 7 heteroatoms. The van der Waals surface area contributed by atoms with Gasteiger partial charge in [0.15, 0.2) is 11.6 Å². The number of anilines is 1. The van der Waals surface area contributed by atoms with Gasteiger partial charge in [0.1, 0.15) is 4.88 Å². The van der Waals surface area contributed by atoms with Gasteiger partial charge in [0, 0.05) is 5.56 Å². The molecule has 0 fully saturated rings. The molecule has 1 amide bonds. The number of rotatable bonds is 4. The lowest BCUT2D eigenvalue weighted by molar-refractivity contribution is 0.0701. The van der Waals surface area contributed by atoms with Gasteiger partial charge >= 0.3 is 5.97 Å². The molecule has 0 spiro atoms. The van der Waals surface area contributed by atoms with E-state index in [1.807, 2.05) is 0 Å². The average Bonchev–Trinajstić information content (AvgIpc) is 2.79. The van der Waals surface area contributed by atoms with Gasteiger partial charge in [0.2, 0.25) is 0 Å². The number of thiophene rings is 1. The average molecular weight is 309 g/mol. The van der Waals surface area contributed by atoms with Crippen molar-refractivity contribution in [1.82, 2.24) is 0 Å². The maximum absolute atomic E-state index is 13.5. The summed E-state index contributed by atoms with van der Waals surface area (Å²) in [7, 11) is 1.33. The van der Waals surface area contributed by atoms with Crippen LogP contribution in [0, 0.1) is 12.7 Å². The normalized spacial score (nSPS) is 10.2. The summed E-state index contributed by atoms with van der Waals surface area (Å²) in [5.41, 5.74) is 0.680. The monoisotopic (exact) mass is 309 g/mol. The van der Waals surface area contributed by atoms with Crippen molar-refractivity contribution in [2.45, 2.75) is 6.92 Å². The van der Waals surface area contributed by atoms with Crippen LogP contribution in [0.5, 0.6) is 5.75 Å². The molecule has 0 aliphatic heterocycles. The second-order valence-corrected chi connectivity index (χ2v) is 5.28. The molecule has 5 nitrogen and oxygen atoms in total. The summed E-state index contributed by atoms with van der Waals surface area (Å²) in [6.07, 6.45) is 0. The number of carboxylic acid groups (broad SMARTS) is 1. The molecule has 110 valence electrons. The van der Waals surface area contributed by atoms with Crippen LogP contribution < -0.4 is 10.1 Å². The van der Waals surface area contributed by atoms with E-state index in [2.05, 4.69) is 5.32 Å². The molecule has 0 saturated carbocycles. The van der Waals surface area contributed by atoms with Crippen LogP contribution in [0.3, 0.4) is 0 Å².